The maximum atomic E-state index is 12.5. The van der Waals surface area contributed by atoms with Crippen molar-refractivity contribution in [3.63, 3.8) is 0 Å². The van der Waals surface area contributed by atoms with E-state index in [1.54, 1.807) is 12.1 Å². The second-order valence-electron chi connectivity index (χ2n) is 5.05. The van der Waals surface area contributed by atoms with Gasteiger partial charge in [0.1, 0.15) is 0 Å². The third-order valence-corrected chi connectivity index (χ3v) is 5.39. The molecule has 1 rings (SSSR count). The lowest BCUT2D eigenvalue weighted by Gasteiger charge is -2.20. The fourth-order valence-electron chi connectivity index (χ4n) is 2.12. The highest BCUT2D eigenvalue weighted by atomic mass is 32.2. The number of hydrogen-bond donors (Lipinski definition) is 0. The summed E-state index contributed by atoms with van der Waals surface area (Å²) in [5, 5.41) is 0. The summed E-state index contributed by atoms with van der Waals surface area (Å²) in [6.45, 7) is 6.81. The molecule has 0 spiro atoms. The summed E-state index contributed by atoms with van der Waals surface area (Å²) in [6.07, 6.45) is 3.08. The molecule has 0 fully saturated rings. The molecule has 0 heterocycles. The van der Waals surface area contributed by atoms with Gasteiger partial charge in [-0.1, -0.05) is 39.3 Å². The monoisotopic (exact) mass is 311 g/mol. The maximum Gasteiger partial charge on any atom is 0.243 e. The molecule has 0 aliphatic heterocycles. The third kappa shape index (κ3) is 4.64. The zero-order chi connectivity index (χ0) is 15.9. The standard InChI is InChI=1S/C16H25NO3S/c1-4-7-13-17(6-3)21(19,20)15-11-9-14(10-12-15)16(18)8-5-2/h9-12H,4-8,13H2,1-3H3. The van der Waals surface area contributed by atoms with Crippen LogP contribution in [0.15, 0.2) is 29.2 Å². The zero-order valence-electron chi connectivity index (χ0n) is 13.1. The van der Waals surface area contributed by atoms with E-state index in [1.165, 1.54) is 16.4 Å². The van der Waals surface area contributed by atoms with E-state index < -0.39 is 10.0 Å². The number of unbranched alkanes of at least 4 members (excludes halogenated alkanes) is 1. The lowest BCUT2D eigenvalue weighted by molar-refractivity contribution is 0.0981. The molecule has 1 aromatic rings. The molecule has 0 aliphatic carbocycles. The number of hydrogen-bond acceptors (Lipinski definition) is 3. The molecule has 0 aromatic heterocycles. The molecule has 0 N–H and O–H groups in total. The van der Waals surface area contributed by atoms with Gasteiger partial charge in [-0.05, 0) is 25.0 Å². The Morgan fingerprint density at radius 3 is 2.14 bits per heavy atom. The van der Waals surface area contributed by atoms with Crippen molar-refractivity contribution in [1.82, 2.24) is 4.31 Å². The van der Waals surface area contributed by atoms with Gasteiger partial charge in [-0.2, -0.15) is 4.31 Å². The molecule has 0 atom stereocenters. The Bertz CT molecular complexity index is 549. The third-order valence-electron chi connectivity index (χ3n) is 3.40. The number of carbonyl (C=O) groups is 1. The first-order valence-electron chi connectivity index (χ1n) is 7.60. The van der Waals surface area contributed by atoms with E-state index in [2.05, 4.69) is 0 Å². The second-order valence-corrected chi connectivity index (χ2v) is 6.99. The number of Topliss-reactive ketones (excluding diaryl/α,β-unsaturated/α-hetero) is 1. The van der Waals surface area contributed by atoms with Gasteiger partial charge in [0.05, 0.1) is 4.90 Å². The Morgan fingerprint density at radius 2 is 1.67 bits per heavy atom. The molecule has 4 nitrogen and oxygen atoms in total. The molecule has 0 saturated heterocycles. The fourth-order valence-corrected chi connectivity index (χ4v) is 3.60. The van der Waals surface area contributed by atoms with Crippen molar-refractivity contribution in [3.05, 3.63) is 29.8 Å². The molecular formula is C16H25NO3S. The van der Waals surface area contributed by atoms with E-state index in [0.717, 1.165) is 19.3 Å². The van der Waals surface area contributed by atoms with Crippen LogP contribution in [0.2, 0.25) is 0 Å². The van der Waals surface area contributed by atoms with Gasteiger partial charge in [0.25, 0.3) is 0 Å². The van der Waals surface area contributed by atoms with Crippen molar-refractivity contribution in [2.75, 3.05) is 13.1 Å². The van der Waals surface area contributed by atoms with Crippen LogP contribution in [0.4, 0.5) is 0 Å². The van der Waals surface area contributed by atoms with Gasteiger partial charge in [-0.3, -0.25) is 4.79 Å². The number of ketones is 1. The molecule has 5 heteroatoms. The van der Waals surface area contributed by atoms with E-state index >= 15 is 0 Å². The van der Waals surface area contributed by atoms with Crippen molar-refractivity contribution < 1.29 is 13.2 Å². The average Bonchev–Trinajstić information content (AvgIpc) is 2.48. The molecule has 0 radical (unpaired) electrons. The fraction of sp³-hybridized carbons (Fsp3) is 0.562. The minimum atomic E-state index is -3.46. The summed E-state index contributed by atoms with van der Waals surface area (Å²) in [5.41, 5.74) is 0.576. The van der Waals surface area contributed by atoms with Gasteiger partial charge in [0.2, 0.25) is 10.0 Å². The smallest absolute Gasteiger partial charge is 0.243 e. The summed E-state index contributed by atoms with van der Waals surface area (Å²) in [6, 6.07) is 6.29. The van der Waals surface area contributed by atoms with E-state index in [4.69, 9.17) is 0 Å². The number of benzene rings is 1. The van der Waals surface area contributed by atoms with Crippen LogP contribution in [0.1, 0.15) is 56.8 Å². The van der Waals surface area contributed by atoms with Crippen molar-refractivity contribution in [1.29, 1.82) is 0 Å². The number of sulfonamides is 1. The van der Waals surface area contributed by atoms with Gasteiger partial charge < -0.3 is 0 Å². The molecule has 1 aromatic carbocycles. The summed E-state index contributed by atoms with van der Waals surface area (Å²) in [5.74, 6) is 0.0554. The summed E-state index contributed by atoms with van der Waals surface area (Å²) < 4.78 is 26.5. The predicted octanol–water partition coefficient (Wildman–Crippen LogP) is 3.48. The molecular weight excluding hydrogens is 286 g/mol. The highest BCUT2D eigenvalue weighted by Crippen LogP contribution is 2.18. The number of nitrogens with zero attached hydrogens (tertiary/aromatic N) is 1. The quantitative estimate of drug-likeness (QED) is 0.656. The van der Waals surface area contributed by atoms with Crippen LogP contribution in [-0.4, -0.2) is 31.6 Å². The van der Waals surface area contributed by atoms with E-state index in [-0.39, 0.29) is 10.7 Å². The molecule has 0 amide bonds. The Labute approximate surface area is 128 Å². The average molecular weight is 311 g/mol. The van der Waals surface area contributed by atoms with Crippen LogP contribution in [0, 0.1) is 0 Å². The van der Waals surface area contributed by atoms with Crippen molar-refractivity contribution in [3.8, 4) is 0 Å². The SMILES string of the molecule is CCCCN(CC)S(=O)(=O)c1ccc(C(=O)CCC)cc1. The maximum absolute atomic E-state index is 12.5. The molecule has 0 aliphatic rings. The van der Waals surface area contributed by atoms with E-state index in [9.17, 15) is 13.2 Å². The Morgan fingerprint density at radius 1 is 1.05 bits per heavy atom. The number of rotatable bonds is 9. The normalized spacial score (nSPS) is 11.8. The predicted molar refractivity (Wildman–Crippen MR) is 85.0 cm³/mol. The lowest BCUT2D eigenvalue weighted by Crippen LogP contribution is -2.31. The zero-order valence-corrected chi connectivity index (χ0v) is 13.9. The van der Waals surface area contributed by atoms with Crippen LogP contribution < -0.4 is 0 Å². The van der Waals surface area contributed by atoms with Crippen LogP contribution in [0.3, 0.4) is 0 Å². The number of carbonyl (C=O) groups excluding carboxylic acids is 1. The summed E-state index contributed by atoms with van der Waals surface area (Å²) in [4.78, 5) is 12.0. The topological polar surface area (TPSA) is 54.5 Å². The van der Waals surface area contributed by atoms with Crippen LogP contribution in [-0.2, 0) is 10.0 Å². The largest absolute Gasteiger partial charge is 0.294 e. The minimum absolute atomic E-state index is 0.0554. The highest BCUT2D eigenvalue weighted by molar-refractivity contribution is 7.89. The summed E-state index contributed by atoms with van der Waals surface area (Å²) >= 11 is 0. The summed E-state index contributed by atoms with van der Waals surface area (Å²) in [7, 11) is -3.46. The first-order valence-corrected chi connectivity index (χ1v) is 9.04. The van der Waals surface area contributed by atoms with Gasteiger partial charge in [0.15, 0.2) is 5.78 Å². The Balaban J connectivity index is 2.95. The van der Waals surface area contributed by atoms with Crippen LogP contribution in [0.25, 0.3) is 0 Å². The van der Waals surface area contributed by atoms with E-state index in [1.807, 2.05) is 20.8 Å². The first kappa shape index (κ1) is 17.9. The van der Waals surface area contributed by atoms with Gasteiger partial charge in [-0.25, -0.2) is 8.42 Å². The minimum Gasteiger partial charge on any atom is -0.294 e. The Hall–Kier alpha value is -1.20. The van der Waals surface area contributed by atoms with Gasteiger partial charge in [0, 0.05) is 25.1 Å². The van der Waals surface area contributed by atoms with Crippen molar-refractivity contribution >= 4 is 15.8 Å². The molecule has 118 valence electrons. The van der Waals surface area contributed by atoms with Gasteiger partial charge >= 0.3 is 0 Å². The van der Waals surface area contributed by atoms with Crippen LogP contribution in [0.5, 0.6) is 0 Å². The lowest BCUT2D eigenvalue weighted by atomic mass is 10.1. The van der Waals surface area contributed by atoms with Crippen molar-refractivity contribution in [2.45, 2.75) is 51.3 Å². The molecule has 0 bridgehead atoms. The van der Waals surface area contributed by atoms with Crippen LogP contribution >= 0.6 is 0 Å². The molecule has 21 heavy (non-hydrogen) atoms. The van der Waals surface area contributed by atoms with E-state index in [0.29, 0.717) is 25.1 Å². The highest BCUT2D eigenvalue weighted by Gasteiger charge is 2.22. The van der Waals surface area contributed by atoms with Crippen molar-refractivity contribution in [2.24, 2.45) is 0 Å². The molecule has 0 unspecified atom stereocenters. The van der Waals surface area contributed by atoms with Gasteiger partial charge in [-0.15, -0.1) is 0 Å². The first-order chi connectivity index (χ1) is 9.97. The molecule has 0 saturated carbocycles. The Kier molecular flexibility index (Phi) is 7.05. The second kappa shape index (κ2) is 8.29.